The van der Waals surface area contributed by atoms with Crippen molar-refractivity contribution >= 4 is 11.6 Å². The van der Waals surface area contributed by atoms with Crippen LogP contribution in [-0.4, -0.2) is 40.9 Å². The highest BCUT2D eigenvalue weighted by Gasteiger charge is 2.18. The van der Waals surface area contributed by atoms with Gasteiger partial charge in [-0.25, -0.2) is 14.3 Å². The van der Waals surface area contributed by atoms with Crippen LogP contribution in [0.15, 0.2) is 18.2 Å². The molecular weight excluding hydrogens is 258 g/mol. The minimum Gasteiger partial charge on any atom is -0.464 e. The van der Waals surface area contributed by atoms with E-state index in [1.165, 1.54) is 7.11 Å². The van der Waals surface area contributed by atoms with E-state index in [0.717, 1.165) is 38.3 Å². The van der Waals surface area contributed by atoms with Gasteiger partial charge in [-0.1, -0.05) is 6.07 Å². The number of pyridine rings is 1. The summed E-state index contributed by atoms with van der Waals surface area (Å²) in [5.74, 6) is 0.799. The highest BCUT2D eigenvalue weighted by molar-refractivity contribution is 5.88. The molecule has 0 radical (unpaired) electrons. The fraction of sp³-hybridized carbons (Fsp3) is 0.500. The van der Waals surface area contributed by atoms with Crippen molar-refractivity contribution in [1.82, 2.24) is 14.6 Å². The number of nitrogens with zero attached hydrogens (tertiary/aromatic N) is 3. The van der Waals surface area contributed by atoms with Gasteiger partial charge in [0, 0.05) is 19.6 Å². The molecule has 3 rings (SSSR count). The van der Waals surface area contributed by atoms with E-state index in [0.29, 0.717) is 17.3 Å². The monoisotopic (exact) mass is 275 g/mol. The average Bonchev–Trinajstić information content (AvgIpc) is 2.89. The van der Waals surface area contributed by atoms with Gasteiger partial charge in [0.15, 0.2) is 17.2 Å². The quantitative estimate of drug-likeness (QED) is 0.794. The maximum atomic E-state index is 11.7. The molecule has 6 nitrogen and oxygen atoms in total. The summed E-state index contributed by atoms with van der Waals surface area (Å²) in [6.07, 6.45) is 3.01. The van der Waals surface area contributed by atoms with E-state index >= 15 is 0 Å². The molecule has 0 aliphatic carbocycles. The predicted octanol–water partition coefficient (Wildman–Crippen LogP) is 1.48. The van der Waals surface area contributed by atoms with Crippen molar-refractivity contribution in [3.8, 4) is 0 Å². The first kappa shape index (κ1) is 13.1. The molecule has 1 aliphatic heterocycles. The van der Waals surface area contributed by atoms with Crippen LogP contribution in [-0.2, 0) is 15.9 Å². The number of rotatable bonds is 3. The summed E-state index contributed by atoms with van der Waals surface area (Å²) in [4.78, 5) is 16.2. The van der Waals surface area contributed by atoms with Crippen LogP contribution in [0.2, 0.25) is 0 Å². The molecule has 1 saturated heterocycles. The number of aromatic nitrogens is 3. The highest BCUT2D eigenvalue weighted by atomic mass is 16.5. The lowest BCUT2D eigenvalue weighted by molar-refractivity contribution is 0.0542. The van der Waals surface area contributed by atoms with Gasteiger partial charge in [0.05, 0.1) is 7.11 Å². The second kappa shape index (κ2) is 5.58. The molecule has 1 atom stereocenters. The number of carbonyl (C=O) groups excluding carboxylic acids is 1. The van der Waals surface area contributed by atoms with Gasteiger partial charge in [0.2, 0.25) is 0 Å². The molecule has 0 saturated carbocycles. The van der Waals surface area contributed by atoms with Crippen LogP contribution in [0, 0.1) is 5.92 Å². The van der Waals surface area contributed by atoms with Crippen LogP contribution < -0.4 is 0 Å². The maximum absolute atomic E-state index is 11.7. The fourth-order valence-electron chi connectivity index (χ4n) is 2.52. The van der Waals surface area contributed by atoms with Crippen LogP contribution in [0.1, 0.15) is 29.2 Å². The molecule has 1 aliphatic rings. The Balaban J connectivity index is 1.88. The van der Waals surface area contributed by atoms with E-state index in [9.17, 15) is 4.79 Å². The minimum atomic E-state index is -0.409. The number of carbonyl (C=O) groups is 1. The van der Waals surface area contributed by atoms with Crippen molar-refractivity contribution in [2.75, 3.05) is 20.3 Å². The molecule has 6 heteroatoms. The molecule has 0 spiro atoms. The lowest BCUT2D eigenvalue weighted by Gasteiger charge is -2.20. The summed E-state index contributed by atoms with van der Waals surface area (Å²) in [5.41, 5.74) is 1.06. The number of ether oxygens (including phenoxy) is 2. The lowest BCUT2D eigenvalue weighted by Crippen LogP contribution is -2.19. The normalized spacial score (nSPS) is 19.1. The van der Waals surface area contributed by atoms with Gasteiger partial charge >= 0.3 is 5.97 Å². The third-order valence-electron chi connectivity index (χ3n) is 3.52. The van der Waals surface area contributed by atoms with Gasteiger partial charge in [0.25, 0.3) is 0 Å². The Morgan fingerprint density at radius 2 is 2.45 bits per heavy atom. The molecule has 0 amide bonds. The van der Waals surface area contributed by atoms with Crippen molar-refractivity contribution in [2.24, 2.45) is 5.92 Å². The number of hydrogen-bond acceptors (Lipinski definition) is 5. The first-order valence-corrected chi connectivity index (χ1v) is 6.78. The van der Waals surface area contributed by atoms with Gasteiger partial charge in [-0.2, -0.15) is 5.10 Å². The Bertz CT molecular complexity index is 617. The number of fused-ring (bicyclic) bond motifs is 1. The average molecular weight is 275 g/mol. The highest BCUT2D eigenvalue weighted by Crippen LogP contribution is 2.18. The lowest BCUT2D eigenvalue weighted by atomic mass is 9.98. The number of methoxy groups -OCH3 is 1. The van der Waals surface area contributed by atoms with Crippen molar-refractivity contribution in [1.29, 1.82) is 0 Å². The summed E-state index contributed by atoms with van der Waals surface area (Å²) in [7, 11) is 1.36. The van der Waals surface area contributed by atoms with Crippen LogP contribution >= 0.6 is 0 Å². The Hall–Kier alpha value is -1.95. The number of esters is 1. The first-order chi connectivity index (χ1) is 9.78. The molecule has 1 unspecified atom stereocenters. The van der Waals surface area contributed by atoms with Crippen molar-refractivity contribution in [3.63, 3.8) is 0 Å². The molecule has 106 valence electrons. The molecule has 0 N–H and O–H groups in total. The Labute approximate surface area is 116 Å². The molecule has 20 heavy (non-hydrogen) atoms. The van der Waals surface area contributed by atoms with E-state index in [-0.39, 0.29) is 0 Å². The Kier molecular flexibility index (Phi) is 3.64. The molecular formula is C14H17N3O3. The predicted molar refractivity (Wildman–Crippen MR) is 71.6 cm³/mol. The SMILES string of the molecule is COC(=O)c1cccc2nc(CC3CCCOC3)nn12. The zero-order valence-corrected chi connectivity index (χ0v) is 11.4. The van der Waals surface area contributed by atoms with Crippen LogP contribution in [0.25, 0.3) is 5.65 Å². The van der Waals surface area contributed by atoms with Gasteiger partial charge in [-0.15, -0.1) is 0 Å². The summed E-state index contributed by atoms with van der Waals surface area (Å²) in [6.45, 7) is 1.61. The van der Waals surface area contributed by atoms with Gasteiger partial charge in [-0.3, -0.25) is 0 Å². The third-order valence-corrected chi connectivity index (χ3v) is 3.52. The van der Waals surface area contributed by atoms with E-state index in [2.05, 4.69) is 10.1 Å². The second-order valence-electron chi connectivity index (χ2n) is 4.99. The molecule has 0 aromatic carbocycles. The van der Waals surface area contributed by atoms with Crippen molar-refractivity contribution < 1.29 is 14.3 Å². The first-order valence-electron chi connectivity index (χ1n) is 6.78. The fourth-order valence-corrected chi connectivity index (χ4v) is 2.52. The van der Waals surface area contributed by atoms with Gasteiger partial charge < -0.3 is 9.47 Å². The van der Waals surface area contributed by atoms with E-state index in [4.69, 9.17) is 9.47 Å². The zero-order valence-electron chi connectivity index (χ0n) is 11.4. The summed E-state index contributed by atoms with van der Waals surface area (Å²) in [6, 6.07) is 5.30. The molecule has 0 bridgehead atoms. The zero-order chi connectivity index (χ0) is 13.9. The maximum Gasteiger partial charge on any atom is 0.356 e. The Morgan fingerprint density at radius 1 is 1.55 bits per heavy atom. The summed E-state index contributed by atoms with van der Waals surface area (Å²) >= 11 is 0. The molecule has 2 aromatic heterocycles. The smallest absolute Gasteiger partial charge is 0.356 e. The number of hydrogen-bond donors (Lipinski definition) is 0. The summed E-state index contributed by atoms with van der Waals surface area (Å²) in [5, 5.41) is 4.42. The van der Waals surface area contributed by atoms with E-state index in [1.807, 2.05) is 6.07 Å². The Morgan fingerprint density at radius 3 is 3.20 bits per heavy atom. The van der Waals surface area contributed by atoms with Crippen molar-refractivity contribution in [3.05, 3.63) is 29.7 Å². The van der Waals surface area contributed by atoms with E-state index < -0.39 is 5.97 Å². The molecule has 3 heterocycles. The topological polar surface area (TPSA) is 65.7 Å². The minimum absolute atomic E-state index is 0.392. The van der Waals surface area contributed by atoms with Gasteiger partial charge in [-0.05, 0) is 30.9 Å². The van der Waals surface area contributed by atoms with Crippen LogP contribution in [0.5, 0.6) is 0 Å². The summed E-state index contributed by atoms with van der Waals surface area (Å²) < 4.78 is 11.8. The molecule has 1 fully saturated rings. The van der Waals surface area contributed by atoms with E-state index in [1.54, 1.807) is 16.6 Å². The molecule has 2 aromatic rings. The largest absolute Gasteiger partial charge is 0.464 e. The van der Waals surface area contributed by atoms with Gasteiger partial charge in [0.1, 0.15) is 0 Å². The van der Waals surface area contributed by atoms with Crippen LogP contribution in [0.4, 0.5) is 0 Å². The standard InChI is InChI=1S/C14H17N3O3/c1-19-14(18)11-5-2-6-13-15-12(16-17(11)13)8-10-4-3-7-20-9-10/h2,5-6,10H,3-4,7-9H2,1H3. The van der Waals surface area contributed by atoms with Crippen LogP contribution in [0.3, 0.4) is 0 Å². The van der Waals surface area contributed by atoms with Crippen molar-refractivity contribution in [2.45, 2.75) is 19.3 Å². The second-order valence-corrected chi connectivity index (χ2v) is 4.99. The third kappa shape index (κ3) is 2.51.